The van der Waals surface area contributed by atoms with E-state index in [0.717, 1.165) is 28.6 Å². The van der Waals surface area contributed by atoms with E-state index in [4.69, 9.17) is 0 Å². The highest BCUT2D eigenvalue weighted by molar-refractivity contribution is 9.10. The topological polar surface area (TPSA) is 58.2 Å². The van der Waals surface area contributed by atoms with Gasteiger partial charge in [-0.05, 0) is 49.9 Å². The molecule has 0 bridgehead atoms. The third-order valence-corrected chi connectivity index (χ3v) is 4.37. The molecule has 0 atom stereocenters. The number of benzene rings is 1. The van der Waals surface area contributed by atoms with Crippen molar-refractivity contribution in [2.45, 2.75) is 39.5 Å². The Morgan fingerprint density at radius 3 is 2.57 bits per heavy atom. The molecule has 0 unspecified atom stereocenters. The summed E-state index contributed by atoms with van der Waals surface area (Å²) in [6, 6.07) is 5.67. The second-order valence-electron chi connectivity index (χ2n) is 5.60. The van der Waals surface area contributed by atoms with Crippen molar-refractivity contribution < 1.29 is 9.59 Å². The van der Waals surface area contributed by atoms with E-state index in [9.17, 15) is 9.59 Å². The molecule has 0 aromatic heterocycles. The van der Waals surface area contributed by atoms with E-state index in [2.05, 4.69) is 33.5 Å². The molecular formula is C16H21BrN2O2. The van der Waals surface area contributed by atoms with E-state index in [0.29, 0.717) is 19.4 Å². The molecule has 1 saturated carbocycles. The maximum absolute atomic E-state index is 12.4. The van der Waals surface area contributed by atoms with Crippen LogP contribution in [-0.4, -0.2) is 18.4 Å². The highest BCUT2D eigenvalue weighted by atomic mass is 79.9. The predicted octanol–water partition coefficient (Wildman–Crippen LogP) is 3.39. The van der Waals surface area contributed by atoms with Crippen molar-refractivity contribution in [1.82, 2.24) is 5.32 Å². The minimum atomic E-state index is -0.854. The number of carbonyl (C=O) groups excluding carboxylic acids is 2. The Morgan fingerprint density at radius 1 is 1.29 bits per heavy atom. The van der Waals surface area contributed by atoms with E-state index in [1.54, 1.807) is 0 Å². The quantitative estimate of drug-likeness (QED) is 0.608. The molecule has 1 aliphatic carbocycles. The van der Waals surface area contributed by atoms with Crippen molar-refractivity contribution in [3.05, 3.63) is 28.2 Å². The molecule has 0 saturated heterocycles. The molecule has 21 heavy (non-hydrogen) atoms. The molecule has 0 aliphatic heterocycles. The number of rotatable bonds is 6. The lowest BCUT2D eigenvalue weighted by atomic mass is 10.0. The van der Waals surface area contributed by atoms with Gasteiger partial charge in [0.1, 0.15) is 5.41 Å². The van der Waals surface area contributed by atoms with Crippen molar-refractivity contribution >= 4 is 33.4 Å². The normalized spacial score (nSPS) is 15.4. The highest BCUT2D eigenvalue weighted by Crippen LogP contribution is 2.47. The van der Waals surface area contributed by atoms with Gasteiger partial charge in [0, 0.05) is 16.7 Å². The Morgan fingerprint density at radius 2 is 2.00 bits per heavy atom. The molecule has 0 heterocycles. The van der Waals surface area contributed by atoms with Crippen LogP contribution in [0.1, 0.15) is 38.2 Å². The largest absolute Gasteiger partial charge is 0.355 e. The Labute approximate surface area is 133 Å². The maximum Gasteiger partial charge on any atom is 0.240 e. The van der Waals surface area contributed by atoms with Gasteiger partial charge in [-0.1, -0.05) is 29.3 Å². The van der Waals surface area contributed by atoms with E-state index in [-0.39, 0.29) is 11.8 Å². The first kappa shape index (κ1) is 16.0. The Hall–Kier alpha value is -1.36. The molecule has 1 aromatic carbocycles. The van der Waals surface area contributed by atoms with Crippen LogP contribution in [-0.2, 0) is 9.59 Å². The lowest BCUT2D eigenvalue weighted by molar-refractivity contribution is -0.134. The fourth-order valence-corrected chi connectivity index (χ4v) is 2.71. The minimum Gasteiger partial charge on any atom is -0.355 e. The summed E-state index contributed by atoms with van der Waals surface area (Å²) in [5.74, 6) is -0.329. The summed E-state index contributed by atoms with van der Waals surface area (Å²) < 4.78 is 0.969. The zero-order valence-corrected chi connectivity index (χ0v) is 14.0. The van der Waals surface area contributed by atoms with Gasteiger partial charge in [0.15, 0.2) is 0 Å². The summed E-state index contributed by atoms with van der Waals surface area (Å²) in [5.41, 5.74) is 0.878. The lowest BCUT2D eigenvalue weighted by Crippen LogP contribution is -2.40. The molecule has 4 nitrogen and oxygen atoms in total. The number of carbonyl (C=O) groups is 2. The summed E-state index contributed by atoms with van der Waals surface area (Å²) in [6.07, 6.45) is 3.23. The Kier molecular flexibility index (Phi) is 5.04. The van der Waals surface area contributed by atoms with Gasteiger partial charge in [-0.25, -0.2) is 0 Å². The van der Waals surface area contributed by atoms with Crippen LogP contribution >= 0.6 is 15.9 Å². The van der Waals surface area contributed by atoms with E-state index in [1.807, 2.05) is 25.1 Å². The molecule has 1 aromatic rings. The maximum atomic E-state index is 12.4. The van der Waals surface area contributed by atoms with Gasteiger partial charge in [0.2, 0.25) is 11.8 Å². The molecule has 5 heteroatoms. The number of hydrogen-bond donors (Lipinski definition) is 2. The molecule has 2 N–H and O–H groups in total. The van der Waals surface area contributed by atoms with E-state index < -0.39 is 5.41 Å². The van der Waals surface area contributed by atoms with Gasteiger partial charge in [0.25, 0.3) is 0 Å². The van der Waals surface area contributed by atoms with Crippen molar-refractivity contribution in [3.63, 3.8) is 0 Å². The number of halogens is 1. The average Bonchev–Trinajstić information content (AvgIpc) is 3.23. The van der Waals surface area contributed by atoms with Crippen molar-refractivity contribution in [2.24, 2.45) is 5.41 Å². The number of anilines is 1. The van der Waals surface area contributed by atoms with Crippen LogP contribution in [0.2, 0.25) is 0 Å². The van der Waals surface area contributed by atoms with Crippen LogP contribution in [0.3, 0.4) is 0 Å². The average molecular weight is 353 g/mol. The van der Waals surface area contributed by atoms with Gasteiger partial charge in [-0.2, -0.15) is 0 Å². The Bertz CT molecular complexity index is 553. The van der Waals surface area contributed by atoms with Crippen LogP contribution < -0.4 is 10.6 Å². The number of aryl methyl sites for hydroxylation is 1. The molecule has 1 aliphatic rings. The minimum absolute atomic E-state index is 0.136. The SMILES string of the molecule is CCCCNC(=O)C1(C(=O)Nc2ccc(Br)cc2C)CC1. The highest BCUT2D eigenvalue weighted by Gasteiger charge is 2.56. The lowest BCUT2D eigenvalue weighted by Gasteiger charge is -2.16. The smallest absolute Gasteiger partial charge is 0.240 e. The van der Waals surface area contributed by atoms with E-state index in [1.165, 1.54) is 0 Å². The van der Waals surface area contributed by atoms with Gasteiger partial charge in [0.05, 0.1) is 0 Å². The first-order valence-electron chi connectivity index (χ1n) is 7.35. The van der Waals surface area contributed by atoms with Crippen LogP contribution in [0.4, 0.5) is 5.69 Å². The summed E-state index contributed by atoms with van der Waals surface area (Å²) >= 11 is 3.40. The first-order chi connectivity index (χ1) is 9.99. The molecule has 2 rings (SSSR count). The molecule has 2 amide bonds. The van der Waals surface area contributed by atoms with Gasteiger partial charge in [-0.15, -0.1) is 0 Å². The zero-order valence-electron chi connectivity index (χ0n) is 12.5. The zero-order chi connectivity index (χ0) is 15.5. The first-order valence-corrected chi connectivity index (χ1v) is 8.15. The van der Waals surface area contributed by atoms with Gasteiger partial charge < -0.3 is 10.6 Å². The van der Waals surface area contributed by atoms with Crippen LogP contribution in [0.25, 0.3) is 0 Å². The van der Waals surface area contributed by atoms with Crippen molar-refractivity contribution in [1.29, 1.82) is 0 Å². The van der Waals surface area contributed by atoms with Gasteiger partial charge >= 0.3 is 0 Å². The fraction of sp³-hybridized carbons (Fsp3) is 0.500. The van der Waals surface area contributed by atoms with Gasteiger partial charge in [-0.3, -0.25) is 9.59 Å². The summed E-state index contributed by atoms with van der Waals surface area (Å²) in [6.45, 7) is 4.64. The van der Waals surface area contributed by atoms with Crippen LogP contribution in [0.15, 0.2) is 22.7 Å². The summed E-state index contributed by atoms with van der Waals surface area (Å²) in [4.78, 5) is 24.6. The number of nitrogens with one attached hydrogen (secondary N) is 2. The standard InChI is InChI=1S/C16H21BrN2O2/c1-3-4-9-18-14(20)16(7-8-16)15(21)19-13-6-5-12(17)10-11(13)2/h5-6,10H,3-4,7-9H2,1-2H3,(H,18,20)(H,19,21). The monoisotopic (exact) mass is 352 g/mol. The van der Waals surface area contributed by atoms with Crippen molar-refractivity contribution in [2.75, 3.05) is 11.9 Å². The fourth-order valence-electron chi connectivity index (χ4n) is 2.24. The Balaban J connectivity index is 2.00. The second kappa shape index (κ2) is 6.60. The van der Waals surface area contributed by atoms with E-state index >= 15 is 0 Å². The molecular weight excluding hydrogens is 332 g/mol. The molecule has 114 valence electrons. The number of amides is 2. The second-order valence-corrected chi connectivity index (χ2v) is 6.52. The third-order valence-electron chi connectivity index (χ3n) is 3.87. The van der Waals surface area contributed by atoms with Crippen molar-refractivity contribution in [3.8, 4) is 0 Å². The molecule has 0 radical (unpaired) electrons. The summed E-state index contributed by atoms with van der Waals surface area (Å²) in [5, 5.41) is 5.76. The van der Waals surface area contributed by atoms with Crippen LogP contribution in [0.5, 0.6) is 0 Å². The van der Waals surface area contributed by atoms with Crippen LogP contribution in [0, 0.1) is 12.3 Å². The third kappa shape index (κ3) is 3.64. The molecule has 0 spiro atoms. The molecule has 1 fully saturated rings. The number of unbranched alkanes of at least 4 members (excludes halogenated alkanes) is 1. The number of hydrogen-bond acceptors (Lipinski definition) is 2. The predicted molar refractivity (Wildman–Crippen MR) is 87.1 cm³/mol. The summed E-state index contributed by atoms with van der Waals surface area (Å²) in [7, 11) is 0.